The number of esters is 1. The van der Waals surface area contributed by atoms with Crippen LogP contribution < -0.4 is 10.3 Å². The summed E-state index contributed by atoms with van der Waals surface area (Å²) in [6.45, 7) is 8.57. The normalized spacial score (nSPS) is 12.1. The van der Waals surface area contributed by atoms with E-state index in [2.05, 4.69) is 4.98 Å². The van der Waals surface area contributed by atoms with Crippen LogP contribution in [0.4, 0.5) is 0 Å². The maximum atomic E-state index is 13.3. The number of ether oxygens (including phenoxy) is 2. The van der Waals surface area contributed by atoms with Gasteiger partial charge in [0.05, 0.1) is 24.9 Å². The molecule has 29 heavy (non-hydrogen) atoms. The van der Waals surface area contributed by atoms with Crippen LogP contribution >= 0.6 is 11.3 Å². The van der Waals surface area contributed by atoms with E-state index in [0.717, 1.165) is 34.6 Å². The molecule has 3 rings (SSSR count). The minimum Gasteiger partial charge on any atom is -0.494 e. The van der Waals surface area contributed by atoms with E-state index in [-0.39, 0.29) is 5.56 Å². The fraction of sp³-hybridized carbons (Fsp3) is 0.409. The van der Waals surface area contributed by atoms with Gasteiger partial charge in [-0.1, -0.05) is 25.5 Å². The molecule has 0 amide bonds. The van der Waals surface area contributed by atoms with Crippen molar-refractivity contribution in [1.29, 1.82) is 0 Å². The van der Waals surface area contributed by atoms with Gasteiger partial charge in [-0.15, -0.1) is 11.3 Å². The highest BCUT2D eigenvalue weighted by Crippen LogP contribution is 2.36. The number of fused-ring (bicyclic) bond motifs is 1. The molecule has 1 atom stereocenters. The smallest absolute Gasteiger partial charge is 0.328 e. The Kier molecular flexibility index (Phi) is 6.69. The minimum absolute atomic E-state index is 0.233. The lowest BCUT2D eigenvalue weighted by atomic mass is 10.0. The molecule has 1 aromatic carbocycles. The maximum absolute atomic E-state index is 13.3. The van der Waals surface area contributed by atoms with E-state index in [0.29, 0.717) is 23.4 Å². The van der Waals surface area contributed by atoms with Crippen LogP contribution in [0.3, 0.4) is 0 Å². The van der Waals surface area contributed by atoms with E-state index in [1.807, 2.05) is 45.0 Å². The second kappa shape index (κ2) is 9.22. The molecular formula is C22H26N2O4S. The van der Waals surface area contributed by atoms with Crippen molar-refractivity contribution in [3.05, 3.63) is 45.8 Å². The SMILES string of the molecule is CCCCOC(=O)[C@H](C)n1cnc2sc(C)c(-c3ccc(OCC)cc3)c2c1=O. The van der Waals surface area contributed by atoms with Crippen molar-refractivity contribution in [3.63, 3.8) is 0 Å². The Morgan fingerprint density at radius 1 is 1.24 bits per heavy atom. The quantitative estimate of drug-likeness (QED) is 0.393. The predicted octanol–water partition coefficient (Wildman–Crippen LogP) is 4.74. The number of aryl methyl sites for hydroxylation is 1. The number of rotatable bonds is 8. The second-order valence-corrected chi connectivity index (χ2v) is 8.03. The zero-order valence-corrected chi connectivity index (χ0v) is 18.0. The Morgan fingerprint density at radius 2 is 1.97 bits per heavy atom. The molecule has 0 fully saturated rings. The third-order valence-corrected chi connectivity index (χ3v) is 5.78. The summed E-state index contributed by atoms with van der Waals surface area (Å²) in [5.41, 5.74) is 1.54. The van der Waals surface area contributed by atoms with Gasteiger partial charge in [-0.2, -0.15) is 0 Å². The van der Waals surface area contributed by atoms with Crippen LogP contribution in [0.25, 0.3) is 21.3 Å². The molecule has 0 aliphatic carbocycles. The number of aromatic nitrogens is 2. The molecule has 2 aromatic heterocycles. The lowest BCUT2D eigenvalue weighted by Gasteiger charge is -2.14. The van der Waals surface area contributed by atoms with Crippen molar-refractivity contribution >= 4 is 27.5 Å². The summed E-state index contributed by atoms with van der Waals surface area (Å²) in [5, 5.41) is 0.535. The van der Waals surface area contributed by atoms with Gasteiger partial charge in [-0.05, 0) is 44.9 Å². The average Bonchev–Trinajstić information content (AvgIpc) is 3.05. The first-order valence-corrected chi connectivity index (χ1v) is 10.7. The predicted molar refractivity (Wildman–Crippen MR) is 116 cm³/mol. The summed E-state index contributed by atoms with van der Waals surface area (Å²) in [6, 6.07) is 6.94. The molecule has 0 N–H and O–H groups in total. The first kappa shape index (κ1) is 21.0. The van der Waals surface area contributed by atoms with Gasteiger partial charge in [-0.3, -0.25) is 9.36 Å². The zero-order valence-electron chi connectivity index (χ0n) is 17.2. The summed E-state index contributed by atoms with van der Waals surface area (Å²) >= 11 is 1.48. The van der Waals surface area contributed by atoms with Gasteiger partial charge in [0.25, 0.3) is 5.56 Å². The number of thiophene rings is 1. The number of carbonyl (C=O) groups is 1. The molecule has 0 aliphatic heterocycles. The summed E-state index contributed by atoms with van der Waals surface area (Å²) in [4.78, 5) is 31.7. The molecule has 0 radical (unpaired) electrons. The van der Waals surface area contributed by atoms with Crippen LogP contribution in [-0.4, -0.2) is 28.7 Å². The first-order valence-electron chi connectivity index (χ1n) is 9.88. The Bertz CT molecular complexity index is 1050. The van der Waals surface area contributed by atoms with Crippen molar-refractivity contribution in [3.8, 4) is 16.9 Å². The summed E-state index contributed by atoms with van der Waals surface area (Å²) < 4.78 is 12.2. The van der Waals surface area contributed by atoms with Crippen molar-refractivity contribution < 1.29 is 14.3 Å². The molecule has 154 valence electrons. The van der Waals surface area contributed by atoms with E-state index in [1.54, 1.807) is 6.92 Å². The number of nitrogens with zero attached hydrogens (tertiary/aromatic N) is 2. The largest absolute Gasteiger partial charge is 0.494 e. The van der Waals surface area contributed by atoms with Gasteiger partial charge < -0.3 is 9.47 Å². The fourth-order valence-corrected chi connectivity index (χ4v) is 4.18. The molecule has 7 heteroatoms. The first-order chi connectivity index (χ1) is 14.0. The van der Waals surface area contributed by atoms with Crippen LogP contribution in [-0.2, 0) is 9.53 Å². The van der Waals surface area contributed by atoms with Gasteiger partial charge in [-0.25, -0.2) is 9.78 Å². The van der Waals surface area contributed by atoms with Crippen LogP contribution in [0.5, 0.6) is 5.75 Å². The Balaban J connectivity index is 2.02. The number of unbranched alkanes of at least 4 members (excludes halogenated alkanes) is 1. The highest BCUT2D eigenvalue weighted by molar-refractivity contribution is 7.19. The minimum atomic E-state index is -0.732. The third kappa shape index (κ3) is 4.34. The van der Waals surface area contributed by atoms with Crippen molar-refractivity contribution in [2.24, 2.45) is 0 Å². The molecule has 0 unspecified atom stereocenters. The van der Waals surface area contributed by atoms with Crippen LogP contribution in [0.15, 0.2) is 35.4 Å². The van der Waals surface area contributed by atoms with E-state index >= 15 is 0 Å². The standard InChI is InChI=1S/C22H26N2O4S/c1-5-7-12-28-22(26)14(3)24-13-23-20-19(21(24)25)18(15(4)29-20)16-8-10-17(11-9-16)27-6-2/h8-11,13-14H,5-7,12H2,1-4H3/t14-/m0/s1. The van der Waals surface area contributed by atoms with E-state index in [9.17, 15) is 9.59 Å². The summed E-state index contributed by atoms with van der Waals surface area (Å²) in [6.07, 6.45) is 3.18. The third-order valence-electron chi connectivity index (χ3n) is 4.77. The van der Waals surface area contributed by atoms with Crippen molar-refractivity contribution in [1.82, 2.24) is 9.55 Å². The van der Waals surface area contributed by atoms with E-state index < -0.39 is 12.0 Å². The van der Waals surface area contributed by atoms with Gasteiger partial charge >= 0.3 is 5.97 Å². The van der Waals surface area contributed by atoms with Gasteiger partial charge in [0.15, 0.2) is 0 Å². The Labute approximate surface area is 174 Å². The Hall–Kier alpha value is -2.67. The lowest BCUT2D eigenvalue weighted by Crippen LogP contribution is -2.29. The van der Waals surface area contributed by atoms with Gasteiger partial charge in [0, 0.05) is 10.4 Å². The van der Waals surface area contributed by atoms with E-state index in [1.165, 1.54) is 22.2 Å². The van der Waals surface area contributed by atoms with E-state index in [4.69, 9.17) is 9.47 Å². The molecule has 0 bridgehead atoms. The van der Waals surface area contributed by atoms with Crippen LogP contribution in [0.2, 0.25) is 0 Å². The van der Waals surface area contributed by atoms with Gasteiger partial charge in [0.1, 0.15) is 16.6 Å². The number of hydrogen-bond acceptors (Lipinski definition) is 6. The highest BCUT2D eigenvalue weighted by atomic mass is 32.1. The Morgan fingerprint density at radius 3 is 2.62 bits per heavy atom. The van der Waals surface area contributed by atoms with Crippen molar-refractivity contribution in [2.45, 2.75) is 46.6 Å². The molecule has 0 saturated carbocycles. The van der Waals surface area contributed by atoms with Crippen LogP contribution in [0, 0.1) is 6.92 Å². The molecule has 0 spiro atoms. The average molecular weight is 415 g/mol. The fourth-order valence-electron chi connectivity index (χ4n) is 3.17. The monoisotopic (exact) mass is 414 g/mol. The molecule has 6 nitrogen and oxygen atoms in total. The molecule has 3 aromatic rings. The second-order valence-electron chi connectivity index (χ2n) is 6.82. The molecule has 0 saturated heterocycles. The van der Waals surface area contributed by atoms with Crippen molar-refractivity contribution in [2.75, 3.05) is 13.2 Å². The number of benzene rings is 1. The topological polar surface area (TPSA) is 70.4 Å². The molecular weight excluding hydrogens is 388 g/mol. The molecule has 2 heterocycles. The molecule has 0 aliphatic rings. The number of carbonyl (C=O) groups excluding carboxylic acids is 1. The van der Waals surface area contributed by atoms with Crippen LogP contribution in [0.1, 0.15) is 44.5 Å². The maximum Gasteiger partial charge on any atom is 0.328 e. The number of hydrogen-bond donors (Lipinski definition) is 0. The van der Waals surface area contributed by atoms with Gasteiger partial charge in [0.2, 0.25) is 0 Å². The summed E-state index contributed by atoms with van der Waals surface area (Å²) in [5.74, 6) is 0.365. The zero-order chi connectivity index (χ0) is 21.0. The summed E-state index contributed by atoms with van der Waals surface area (Å²) in [7, 11) is 0. The highest BCUT2D eigenvalue weighted by Gasteiger charge is 2.22. The lowest BCUT2D eigenvalue weighted by molar-refractivity contribution is -0.147.